The van der Waals surface area contributed by atoms with E-state index in [1.54, 1.807) is 0 Å². The van der Waals surface area contributed by atoms with Crippen molar-refractivity contribution in [1.82, 2.24) is 15.1 Å². The van der Waals surface area contributed by atoms with Gasteiger partial charge in [0, 0.05) is 37.7 Å². The monoisotopic (exact) mass is 349 g/mol. The van der Waals surface area contributed by atoms with Gasteiger partial charge in [0.1, 0.15) is 0 Å². The molecule has 1 aromatic carbocycles. The Bertz CT molecular complexity index is 565. The van der Waals surface area contributed by atoms with Gasteiger partial charge in [-0.15, -0.1) is 0 Å². The molecule has 24 heavy (non-hydrogen) atoms. The summed E-state index contributed by atoms with van der Waals surface area (Å²) < 4.78 is 0. The minimum atomic E-state index is -0.365. The Morgan fingerprint density at radius 1 is 1.17 bits per heavy atom. The van der Waals surface area contributed by atoms with E-state index in [9.17, 15) is 4.79 Å². The van der Waals surface area contributed by atoms with Crippen LogP contribution in [0.3, 0.4) is 0 Å². The quantitative estimate of drug-likeness (QED) is 0.768. The third-order valence-electron chi connectivity index (χ3n) is 5.36. The number of halogens is 1. The fourth-order valence-corrected chi connectivity index (χ4v) is 3.81. The molecule has 1 aliphatic heterocycles. The van der Waals surface area contributed by atoms with Crippen LogP contribution in [0.1, 0.15) is 31.2 Å². The second-order valence-corrected chi connectivity index (χ2v) is 7.58. The average molecular weight is 350 g/mol. The molecule has 0 spiro atoms. The first-order valence-electron chi connectivity index (χ1n) is 9.06. The molecule has 1 N–H and O–H groups in total. The highest BCUT2D eigenvalue weighted by Crippen LogP contribution is 2.50. The van der Waals surface area contributed by atoms with Gasteiger partial charge >= 0.3 is 0 Å². The molecule has 1 heterocycles. The lowest BCUT2D eigenvalue weighted by Gasteiger charge is -2.32. The molecule has 0 radical (unpaired) electrons. The van der Waals surface area contributed by atoms with Crippen molar-refractivity contribution in [2.75, 3.05) is 46.3 Å². The maximum atomic E-state index is 12.6. The third kappa shape index (κ3) is 4.11. The molecule has 0 atom stereocenters. The molecule has 1 aliphatic carbocycles. The van der Waals surface area contributed by atoms with Crippen LogP contribution >= 0.6 is 11.6 Å². The average Bonchev–Trinajstić information content (AvgIpc) is 3.38. The van der Waals surface area contributed by atoms with Crippen molar-refractivity contribution in [1.29, 1.82) is 0 Å². The number of carbonyl (C=O) groups is 1. The molecule has 1 aromatic rings. The SMILES string of the molecule is CN1CCN(CCCCNC(=O)C2(c3ccccc3Cl)CC2)CC1. The number of piperazine rings is 1. The number of nitrogens with zero attached hydrogens (tertiary/aromatic N) is 2. The van der Waals surface area contributed by atoms with Crippen molar-refractivity contribution in [3.63, 3.8) is 0 Å². The zero-order valence-corrected chi connectivity index (χ0v) is 15.3. The van der Waals surface area contributed by atoms with Crippen LogP contribution in [0.25, 0.3) is 0 Å². The lowest BCUT2D eigenvalue weighted by atomic mass is 9.95. The third-order valence-corrected chi connectivity index (χ3v) is 5.69. The van der Waals surface area contributed by atoms with E-state index >= 15 is 0 Å². The molecule has 1 saturated carbocycles. The number of hydrogen-bond donors (Lipinski definition) is 1. The van der Waals surface area contributed by atoms with Gasteiger partial charge in [0.15, 0.2) is 0 Å². The van der Waals surface area contributed by atoms with Gasteiger partial charge in [-0.2, -0.15) is 0 Å². The van der Waals surface area contributed by atoms with Gasteiger partial charge in [0.2, 0.25) is 5.91 Å². The van der Waals surface area contributed by atoms with Crippen LogP contribution in [0.15, 0.2) is 24.3 Å². The number of carbonyl (C=O) groups excluding carboxylic acids is 1. The summed E-state index contributed by atoms with van der Waals surface area (Å²) in [6.45, 7) is 6.56. The van der Waals surface area contributed by atoms with Gasteiger partial charge < -0.3 is 15.1 Å². The fraction of sp³-hybridized carbons (Fsp3) is 0.632. The molecule has 132 valence electrons. The first kappa shape index (κ1) is 17.7. The fourth-order valence-electron chi connectivity index (χ4n) is 3.50. The van der Waals surface area contributed by atoms with E-state index in [0.29, 0.717) is 5.02 Å². The van der Waals surface area contributed by atoms with E-state index in [2.05, 4.69) is 22.2 Å². The molecule has 1 amide bonds. The van der Waals surface area contributed by atoms with Crippen LogP contribution in [0.5, 0.6) is 0 Å². The lowest BCUT2D eigenvalue weighted by molar-refractivity contribution is -0.123. The number of unbranched alkanes of at least 4 members (excludes halogenated alkanes) is 1. The molecule has 1 saturated heterocycles. The Morgan fingerprint density at radius 2 is 1.88 bits per heavy atom. The highest BCUT2D eigenvalue weighted by atomic mass is 35.5. The smallest absolute Gasteiger partial charge is 0.230 e. The minimum absolute atomic E-state index is 0.148. The van der Waals surface area contributed by atoms with E-state index < -0.39 is 0 Å². The zero-order valence-electron chi connectivity index (χ0n) is 14.6. The van der Waals surface area contributed by atoms with Crippen LogP contribution < -0.4 is 5.32 Å². The highest BCUT2D eigenvalue weighted by molar-refractivity contribution is 6.31. The Hall–Kier alpha value is -1.10. The summed E-state index contributed by atoms with van der Waals surface area (Å²) in [7, 11) is 2.18. The lowest BCUT2D eigenvalue weighted by Crippen LogP contribution is -2.44. The van der Waals surface area contributed by atoms with Crippen molar-refractivity contribution in [2.45, 2.75) is 31.1 Å². The number of nitrogens with one attached hydrogen (secondary N) is 1. The van der Waals surface area contributed by atoms with Gasteiger partial charge in [0.05, 0.1) is 5.41 Å². The molecule has 0 bridgehead atoms. The number of benzene rings is 1. The van der Waals surface area contributed by atoms with E-state index in [1.807, 2.05) is 24.3 Å². The van der Waals surface area contributed by atoms with Gasteiger partial charge in [-0.25, -0.2) is 0 Å². The summed E-state index contributed by atoms with van der Waals surface area (Å²) in [4.78, 5) is 17.5. The van der Waals surface area contributed by atoms with Crippen molar-refractivity contribution < 1.29 is 4.79 Å². The van der Waals surface area contributed by atoms with Gasteiger partial charge in [-0.3, -0.25) is 4.79 Å². The van der Waals surface area contributed by atoms with Crippen LogP contribution in [0.4, 0.5) is 0 Å². The predicted octanol–water partition coefficient (Wildman–Crippen LogP) is 2.52. The highest BCUT2D eigenvalue weighted by Gasteiger charge is 2.52. The Labute approximate surface area is 150 Å². The van der Waals surface area contributed by atoms with Crippen LogP contribution in [0, 0.1) is 0 Å². The first-order chi connectivity index (χ1) is 11.6. The summed E-state index contributed by atoms with van der Waals surface area (Å²) >= 11 is 6.28. The van der Waals surface area contributed by atoms with E-state index in [1.165, 1.54) is 13.1 Å². The zero-order chi connectivity index (χ0) is 17.0. The molecule has 5 heteroatoms. The molecule has 2 fully saturated rings. The number of amides is 1. The molecular weight excluding hydrogens is 322 g/mol. The van der Waals surface area contributed by atoms with Crippen LogP contribution in [0.2, 0.25) is 5.02 Å². The molecule has 3 rings (SSSR count). The predicted molar refractivity (Wildman–Crippen MR) is 98.5 cm³/mol. The molecular formula is C19H28ClN3O. The van der Waals surface area contributed by atoms with Crippen molar-refractivity contribution in [3.8, 4) is 0 Å². The van der Waals surface area contributed by atoms with E-state index in [0.717, 1.165) is 57.4 Å². The van der Waals surface area contributed by atoms with Crippen molar-refractivity contribution in [2.24, 2.45) is 0 Å². The topological polar surface area (TPSA) is 35.6 Å². The normalized spacial score (nSPS) is 20.8. The Kier molecular flexibility index (Phi) is 5.80. The summed E-state index contributed by atoms with van der Waals surface area (Å²) in [5.74, 6) is 0.148. The largest absolute Gasteiger partial charge is 0.355 e. The van der Waals surface area contributed by atoms with Gasteiger partial charge in [0.25, 0.3) is 0 Å². The second-order valence-electron chi connectivity index (χ2n) is 7.17. The minimum Gasteiger partial charge on any atom is -0.355 e. The van der Waals surface area contributed by atoms with Crippen LogP contribution in [-0.2, 0) is 10.2 Å². The number of hydrogen-bond acceptors (Lipinski definition) is 3. The maximum absolute atomic E-state index is 12.6. The van der Waals surface area contributed by atoms with E-state index in [4.69, 9.17) is 11.6 Å². The summed E-state index contributed by atoms with van der Waals surface area (Å²) in [6.07, 6.45) is 3.99. The van der Waals surface area contributed by atoms with Crippen molar-refractivity contribution in [3.05, 3.63) is 34.9 Å². The number of likely N-dealkylation sites (N-methyl/N-ethyl adjacent to an activating group) is 1. The van der Waals surface area contributed by atoms with Crippen molar-refractivity contribution >= 4 is 17.5 Å². The molecule has 2 aliphatic rings. The van der Waals surface area contributed by atoms with Gasteiger partial charge in [-0.1, -0.05) is 29.8 Å². The van der Waals surface area contributed by atoms with Gasteiger partial charge in [-0.05, 0) is 50.9 Å². The summed E-state index contributed by atoms with van der Waals surface area (Å²) in [6, 6.07) is 7.74. The number of rotatable bonds is 7. The second kappa shape index (κ2) is 7.85. The molecule has 0 aromatic heterocycles. The summed E-state index contributed by atoms with van der Waals surface area (Å²) in [5.41, 5.74) is 0.622. The van der Waals surface area contributed by atoms with E-state index in [-0.39, 0.29) is 11.3 Å². The van der Waals surface area contributed by atoms with Crippen LogP contribution in [-0.4, -0.2) is 62.0 Å². The first-order valence-corrected chi connectivity index (χ1v) is 9.44. The molecule has 0 unspecified atom stereocenters. The summed E-state index contributed by atoms with van der Waals surface area (Å²) in [5, 5.41) is 3.84. The maximum Gasteiger partial charge on any atom is 0.230 e. The molecule has 4 nitrogen and oxygen atoms in total. The Balaban J connectivity index is 1.38. The Morgan fingerprint density at radius 3 is 2.54 bits per heavy atom. The standard InChI is InChI=1S/C19H28ClN3O/c1-22-12-14-23(15-13-22)11-5-4-10-21-18(24)19(8-9-19)16-6-2-3-7-17(16)20/h2-3,6-7H,4-5,8-15H2,1H3,(H,21,24).